The molecule has 10 heteroatoms. The van der Waals surface area contributed by atoms with E-state index in [1.165, 1.54) is 0 Å². The summed E-state index contributed by atoms with van der Waals surface area (Å²) in [5, 5.41) is 24.6. The van der Waals surface area contributed by atoms with E-state index in [1.807, 2.05) is 13.8 Å². The Balaban J connectivity index is 1.48. The molecule has 2 amide bonds. The lowest BCUT2D eigenvalue weighted by Gasteiger charge is -2.42. The van der Waals surface area contributed by atoms with Gasteiger partial charge in [-0.05, 0) is 32.8 Å². The lowest BCUT2D eigenvalue weighted by molar-refractivity contribution is -0.132. The zero-order valence-electron chi connectivity index (χ0n) is 19.8. The molecule has 4 atom stereocenters. The predicted molar refractivity (Wildman–Crippen MR) is 120 cm³/mol. The monoisotopic (exact) mass is 478 g/mol. The number of fused-ring (bicyclic) bond motifs is 1. The van der Waals surface area contributed by atoms with Crippen LogP contribution in [0.25, 0.3) is 0 Å². The third kappa shape index (κ3) is 3.91. The summed E-state index contributed by atoms with van der Waals surface area (Å²) in [7, 11) is 0. The second-order valence-corrected chi connectivity index (χ2v) is 10.1. The molecule has 2 unspecified atom stereocenters. The third-order valence-electron chi connectivity index (χ3n) is 7.61. The van der Waals surface area contributed by atoms with Gasteiger partial charge in [-0.2, -0.15) is 0 Å². The van der Waals surface area contributed by atoms with Crippen LogP contribution >= 0.6 is 0 Å². The first-order valence-electron chi connectivity index (χ1n) is 11.7. The number of rotatable bonds is 6. The number of benzene rings is 1. The topological polar surface area (TPSA) is 115 Å². The minimum Gasteiger partial charge on any atom is -0.485 e. The van der Waals surface area contributed by atoms with Crippen LogP contribution in [0.2, 0.25) is 0 Å². The molecule has 2 aliphatic heterocycles. The van der Waals surface area contributed by atoms with E-state index in [9.17, 15) is 23.5 Å². The fourth-order valence-corrected chi connectivity index (χ4v) is 5.06. The summed E-state index contributed by atoms with van der Waals surface area (Å²) in [4.78, 5) is 26.7. The van der Waals surface area contributed by atoms with Gasteiger partial charge >= 0.3 is 0 Å². The first kappa shape index (κ1) is 24.4. The van der Waals surface area contributed by atoms with E-state index in [1.54, 1.807) is 38.1 Å². The van der Waals surface area contributed by atoms with E-state index in [4.69, 9.17) is 10.1 Å². The molecule has 4 rings (SSSR count). The Morgan fingerprint density at radius 1 is 1.29 bits per heavy atom. The summed E-state index contributed by atoms with van der Waals surface area (Å²) in [5.41, 5.74) is -1.08. The zero-order valence-corrected chi connectivity index (χ0v) is 19.8. The fourth-order valence-electron chi connectivity index (χ4n) is 5.06. The molecule has 1 saturated heterocycles. The van der Waals surface area contributed by atoms with Gasteiger partial charge in [-0.25, -0.2) is 8.78 Å². The Hall–Kier alpha value is -2.75. The normalized spacial score (nSPS) is 30.6. The zero-order chi connectivity index (χ0) is 25.1. The highest BCUT2D eigenvalue weighted by molar-refractivity contribution is 5.99. The summed E-state index contributed by atoms with van der Waals surface area (Å²) in [5.74, 6) is -7.41. The highest BCUT2D eigenvalue weighted by atomic mass is 19.3. The smallest absolute Gasteiger partial charge is 0.265 e. The van der Waals surface area contributed by atoms with Gasteiger partial charge in [0.25, 0.3) is 5.92 Å². The number of carbonyl (C=O) groups excluding carboxylic acids is 2. The molecule has 0 radical (unpaired) electrons. The Morgan fingerprint density at radius 2 is 1.94 bits per heavy atom. The summed E-state index contributed by atoms with van der Waals surface area (Å²) < 4.78 is 35.3. The van der Waals surface area contributed by atoms with Gasteiger partial charge in [0.05, 0.1) is 18.4 Å². The molecular weight excluding hydrogens is 446 g/mol. The number of hydrogen-bond acceptors (Lipinski definition) is 5. The Kier molecular flexibility index (Phi) is 5.86. The van der Waals surface area contributed by atoms with Crippen LogP contribution in [0.1, 0.15) is 58.6 Å². The number of para-hydroxylation sites is 1. The average molecular weight is 479 g/mol. The van der Waals surface area contributed by atoms with Gasteiger partial charge in [0.1, 0.15) is 23.4 Å². The van der Waals surface area contributed by atoms with Crippen LogP contribution < -0.4 is 15.4 Å². The van der Waals surface area contributed by atoms with Crippen molar-refractivity contribution in [1.29, 1.82) is 5.41 Å². The van der Waals surface area contributed by atoms with Gasteiger partial charge in [0.2, 0.25) is 11.8 Å². The number of nitrogens with zero attached hydrogens (tertiary/aromatic N) is 1. The first-order valence-corrected chi connectivity index (χ1v) is 11.7. The number of nitrogens with one attached hydrogen (secondary N) is 3. The van der Waals surface area contributed by atoms with Gasteiger partial charge in [-0.1, -0.05) is 32.0 Å². The Labute approximate surface area is 197 Å². The quantitative estimate of drug-likeness (QED) is 0.502. The predicted octanol–water partition coefficient (Wildman–Crippen LogP) is 2.57. The number of aliphatic hydroxyl groups excluding tert-OH is 1. The lowest BCUT2D eigenvalue weighted by Crippen LogP contribution is -2.62. The summed E-state index contributed by atoms with van der Waals surface area (Å²) in [6, 6.07) is 5.92. The molecule has 1 saturated carbocycles. The molecule has 186 valence electrons. The number of hydrogen-bond donors (Lipinski definition) is 4. The van der Waals surface area contributed by atoms with Crippen molar-refractivity contribution in [2.45, 2.75) is 76.2 Å². The van der Waals surface area contributed by atoms with Crippen LogP contribution in [-0.2, 0) is 9.59 Å². The number of halogens is 2. The Morgan fingerprint density at radius 3 is 2.56 bits per heavy atom. The van der Waals surface area contributed by atoms with Crippen molar-refractivity contribution in [1.82, 2.24) is 15.5 Å². The minimum absolute atomic E-state index is 0.109. The number of carbonyl (C=O) groups is 2. The fraction of sp³-hybridized carbons (Fsp3) is 0.625. The molecule has 1 aliphatic carbocycles. The number of aliphatic hydroxyl groups is 1. The largest absolute Gasteiger partial charge is 0.485 e. The van der Waals surface area contributed by atoms with Gasteiger partial charge in [0.15, 0.2) is 5.96 Å². The molecule has 34 heavy (non-hydrogen) atoms. The maximum absolute atomic E-state index is 14.7. The van der Waals surface area contributed by atoms with Crippen molar-refractivity contribution in [2.75, 3.05) is 6.54 Å². The molecule has 2 fully saturated rings. The van der Waals surface area contributed by atoms with Crippen LogP contribution in [0.3, 0.4) is 0 Å². The van der Waals surface area contributed by atoms with Crippen molar-refractivity contribution < 1.29 is 28.2 Å². The second kappa shape index (κ2) is 8.18. The van der Waals surface area contributed by atoms with Crippen LogP contribution in [0.5, 0.6) is 5.75 Å². The number of guanidine groups is 1. The number of ether oxygens (including phenoxy) is 1. The van der Waals surface area contributed by atoms with Crippen molar-refractivity contribution in [3.05, 3.63) is 29.8 Å². The van der Waals surface area contributed by atoms with E-state index in [2.05, 4.69) is 10.6 Å². The highest BCUT2D eigenvalue weighted by Crippen LogP contribution is 2.56. The van der Waals surface area contributed by atoms with E-state index in [0.29, 0.717) is 24.2 Å². The summed E-state index contributed by atoms with van der Waals surface area (Å²) in [6.45, 7) is 6.72. The van der Waals surface area contributed by atoms with Crippen LogP contribution in [-0.4, -0.2) is 57.5 Å². The minimum atomic E-state index is -3.32. The second-order valence-electron chi connectivity index (χ2n) is 10.1. The van der Waals surface area contributed by atoms with Crippen molar-refractivity contribution in [2.24, 2.45) is 11.8 Å². The molecule has 0 spiro atoms. The molecule has 4 N–H and O–H groups in total. The van der Waals surface area contributed by atoms with E-state index in [-0.39, 0.29) is 12.4 Å². The first-order chi connectivity index (χ1) is 15.9. The maximum atomic E-state index is 14.7. The molecule has 3 aliphatic rings. The Bertz CT molecular complexity index is 990. The summed E-state index contributed by atoms with van der Waals surface area (Å²) >= 11 is 0. The van der Waals surface area contributed by atoms with Gasteiger partial charge in [-0.3, -0.25) is 19.9 Å². The van der Waals surface area contributed by atoms with E-state index < -0.39 is 59.4 Å². The third-order valence-corrected chi connectivity index (χ3v) is 7.61. The average Bonchev–Trinajstić information content (AvgIpc) is 3.33. The van der Waals surface area contributed by atoms with Crippen molar-refractivity contribution >= 4 is 17.8 Å². The highest BCUT2D eigenvalue weighted by Gasteiger charge is 2.72. The van der Waals surface area contributed by atoms with Gasteiger partial charge in [0, 0.05) is 17.6 Å². The summed E-state index contributed by atoms with van der Waals surface area (Å²) in [6.07, 6.45) is 0.204. The molecule has 8 nitrogen and oxygen atoms in total. The number of alkyl halides is 2. The van der Waals surface area contributed by atoms with Crippen LogP contribution in [0, 0.1) is 17.2 Å². The van der Waals surface area contributed by atoms with E-state index >= 15 is 0 Å². The standard InChI is InChI=1S/C24H32F2N4O4/c1-5-23(6-2)11-16(31)30(21(27)29-23)12-14-17(24(14,25)26)20(33)28-18-13-9-7-8-10-15(13)34-22(3,4)19(18)32/h7-10,14,17-19,32H,5-6,11-12H2,1-4H3,(H2,27,29)(H,28,33)/t14?,17?,18-,19+/m1/s1. The lowest BCUT2D eigenvalue weighted by atomic mass is 9.86. The van der Waals surface area contributed by atoms with Crippen LogP contribution in [0.15, 0.2) is 24.3 Å². The molecule has 1 aromatic rings. The van der Waals surface area contributed by atoms with Crippen molar-refractivity contribution in [3.8, 4) is 5.75 Å². The van der Waals surface area contributed by atoms with E-state index in [0.717, 1.165) is 4.90 Å². The molecule has 0 aromatic heterocycles. The molecule has 1 aromatic carbocycles. The molecular formula is C24H32F2N4O4. The molecule has 2 heterocycles. The molecule has 0 bridgehead atoms. The van der Waals surface area contributed by atoms with Gasteiger partial charge in [-0.15, -0.1) is 0 Å². The van der Waals surface area contributed by atoms with Crippen LogP contribution in [0.4, 0.5) is 8.78 Å². The maximum Gasteiger partial charge on any atom is 0.265 e. The van der Waals surface area contributed by atoms with Gasteiger partial charge < -0.3 is 20.5 Å². The van der Waals surface area contributed by atoms with Crippen molar-refractivity contribution in [3.63, 3.8) is 0 Å². The number of amides is 2. The SMILES string of the molecule is CCC1(CC)CC(=O)N(CC2C(C(=O)N[C@@H]3c4ccccc4OC(C)(C)[C@H]3O)C2(F)F)C(=N)N1.